The van der Waals surface area contributed by atoms with Gasteiger partial charge in [-0.3, -0.25) is 9.59 Å². The van der Waals surface area contributed by atoms with Gasteiger partial charge in [0, 0.05) is 30.8 Å². The van der Waals surface area contributed by atoms with E-state index in [1.165, 1.54) is 12.8 Å². The maximum Gasteiger partial charge on any atom is 0.303 e. The van der Waals surface area contributed by atoms with Gasteiger partial charge in [0.15, 0.2) is 0 Å². The van der Waals surface area contributed by atoms with Crippen molar-refractivity contribution >= 4 is 29.5 Å². The number of aliphatic hydroxyl groups is 1. The van der Waals surface area contributed by atoms with E-state index in [9.17, 15) is 14.7 Å². The lowest BCUT2D eigenvalue weighted by molar-refractivity contribution is -0.138. The smallest absolute Gasteiger partial charge is 0.303 e. The largest absolute Gasteiger partial charge is 0.481 e. The normalized spacial score (nSPS) is 36.1. The summed E-state index contributed by atoms with van der Waals surface area (Å²) >= 11 is 1.75. The van der Waals surface area contributed by atoms with Gasteiger partial charge >= 0.3 is 5.97 Å². The lowest BCUT2D eigenvalue weighted by Crippen LogP contribution is -2.61. The standard InChI is InChI=1S/C27H37N3O4S/c31-23(32)11-16-7-8-30(15-16)22-6-5-21(26(28-22)35-20-3-1-2-4-20)25(33)29-24-18-9-17-10-19(24)14-27(34,12-17)13-18/h5-6,16-20,24,34H,1-4,7-15H2,(H,29,33)(H,31,32)/t16-,17?,18?,19?,24?,27?/m1/s1. The maximum atomic E-state index is 13.6. The molecule has 3 N–H and O–H groups in total. The molecule has 1 aliphatic heterocycles. The number of carboxylic acids is 1. The Morgan fingerprint density at radius 1 is 1.11 bits per heavy atom. The molecule has 6 fully saturated rings. The zero-order valence-corrected chi connectivity index (χ0v) is 21.1. The Morgan fingerprint density at radius 3 is 2.54 bits per heavy atom. The SMILES string of the molecule is O=C(O)C[C@H]1CCN(c2ccc(C(=O)NC3C4CC5CC3CC(O)(C5)C4)c(SC3CCCC3)n2)C1. The number of hydrogen-bond donors (Lipinski definition) is 3. The molecule has 3 atom stereocenters. The van der Waals surface area contributed by atoms with Gasteiger partial charge in [0.1, 0.15) is 10.8 Å². The van der Waals surface area contributed by atoms with Gasteiger partial charge in [-0.25, -0.2) is 4.98 Å². The van der Waals surface area contributed by atoms with Crippen LogP contribution in [0.2, 0.25) is 0 Å². The second-order valence-corrected chi connectivity index (χ2v) is 13.2. The van der Waals surface area contributed by atoms with E-state index in [-0.39, 0.29) is 24.3 Å². The van der Waals surface area contributed by atoms with Gasteiger partial charge in [-0.2, -0.15) is 0 Å². The fraction of sp³-hybridized carbons (Fsp3) is 0.741. The van der Waals surface area contributed by atoms with Crippen LogP contribution in [-0.4, -0.2) is 57.1 Å². The third-order valence-corrected chi connectivity index (χ3v) is 10.6. The molecule has 4 bridgehead atoms. The molecule has 5 saturated carbocycles. The molecular formula is C27H37N3O4S. The lowest BCUT2D eigenvalue weighted by Gasteiger charge is -2.58. The van der Waals surface area contributed by atoms with E-state index in [1.54, 1.807) is 11.8 Å². The Morgan fingerprint density at radius 2 is 1.86 bits per heavy atom. The predicted octanol–water partition coefficient (Wildman–Crippen LogP) is 4.09. The van der Waals surface area contributed by atoms with Crippen LogP contribution in [0.5, 0.6) is 0 Å². The number of anilines is 1. The van der Waals surface area contributed by atoms with Crippen molar-refractivity contribution in [2.45, 2.75) is 92.5 Å². The number of nitrogens with one attached hydrogen (secondary N) is 1. The molecule has 1 aromatic heterocycles. The number of rotatable bonds is 7. The monoisotopic (exact) mass is 499 g/mol. The first-order chi connectivity index (χ1) is 16.8. The number of carbonyl (C=O) groups excluding carboxylic acids is 1. The van der Waals surface area contributed by atoms with E-state index in [0.29, 0.717) is 35.1 Å². The number of carbonyl (C=O) groups is 2. The second-order valence-electron chi connectivity index (χ2n) is 11.9. The van der Waals surface area contributed by atoms with Crippen LogP contribution in [0.25, 0.3) is 0 Å². The van der Waals surface area contributed by atoms with Crippen molar-refractivity contribution in [2.24, 2.45) is 23.7 Å². The highest BCUT2D eigenvalue weighted by Crippen LogP contribution is 2.55. The summed E-state index contributed by atoms with van der Waals surface area (Å²) in [5, 5.41) is 24.8. The van der Waals surface area contributed by atoms with Gasteiger partial charge in [0.2, 0.25) is 0 Å². The van der Waals surface area contributed by atoms with Crippen molar-refractivity contribution in [3.63, 3.8) is 0 Å². The first-order valence-corrected chi connectivity index (χ1v) is 14.4. The van der Waals surface area contributed by atoms with Crippen LogP contribution in [0, 0.1) is 23.7 Å². The molecule has 2 unspecified atom stereocenters. The average molecular weight is 500 g/mol. The van der Waals surface area contributed by atoms with Crippen LogP contribution < -0.4 is 10.2 Å². The summed E-state index contributed by atoms with van der Waals surface area (Å²) in [7, 11) is 0. The average Bonchev–Trinajstić information content (AvgIpc) is 3.47. The second kappa shape index (κ2) is 9.25. The topological polar surface area (TPSA) is 103 Å². The Bertz CT molecular complexity index is 981. The quantitative estimate of drug-likeness (QED) is 0.519. The molecule has 190 valence electrons. The van der Waals surface area contributed by atoms with Crippen LogP contribution in [0.15, 0.2) is 17.2 Å². The third-order valence-electron chi connectivity index (χ3n) is 9.28. The third kappa shape index (κ3) is 4.80. The van der Waals surface area contributed by atoms with Crippen molar-refractivity contribution in [1.29, 1.82) is 0 Å². The van der Waals surface area contributed by atoms with E-state index in [2.05, 4.69) is 10.2 Å². The molecule has 6 aliphatic rings. The zero-order valence-electron chi connectivity index (χ0n) is 20.3. The first kappa shape index (κ1) is 23.6. The van der Waals surface area contributed by atoms with Crippen molar-refractivity contribution < 1.29 is 19.8 Å². The number of aliphatic carboxylic acids is 1. The molecule has 1 aromatic rings. The van der Waals surface area contributed by atoms with Gasteiger partial charge in [0.25, 0.3) is 5.91 Å². The number of pyridine rings is 1. The van der Waals surface area contributed by atoms with Gasteiger partial charge in [-0.05, 0) is 87.2 Å². The number of carboxylic acid groups (broad SMARTS) is 1. The minimum Gasteiger partial charge on any atom is -0.481 e. The summed E-state index contributed by atoms with van der Waals surface area (Å²) in [4.78, 5) is 31.9. The Labute approximate surface area is 211 Å². The van der Waals surface area contributed by atoms with Crippen molar-refractivity contribution in [3.05, 3.63) is 17.7 Å². The van der Waals surface area contributed by atoms with Crippen LogP contribution in [0.1, 0.15) is 81.0 Å². The number of hydrogen-bond acceptors (Lipinski definition) is 6. The van der Waals surface area contributed by atoms with E-state index in [4.69, 9.17) is 10.1 Å². The summed E-state index contributed by atoms with van der Waals surface area (Å²) in [6, 6.07) is 4.03. The zero-order chi connectivity index (χ0) is 24.2. The lowest BCUT2D eigenvalue weighted by atomic mass is 9.52. The highest BCUT2D eigenvalue weighted by molar-refractivity contribution is 7.99. The minimum atomic E-state index is -0.744. The van der Waals surface area contributed by atoms with E-state index >= 15 is 0 Å². The summed E-state index contributed by atoms with van der Waals surface area (Å²) in [5.74, 6) is 1.60. The van der Waals surface area contributed by atoms with Crippen LogP contribution in [-0.2, 0) is 4.79 Å². The molecule has 8 heteroatoms. The Balaban J connectivity index is 1.21. The van der Waals surface area contributed by atoms with Crippen molar-refractivity contribution in [3.8, 4) is 0 Å². The number of aromatic nitrogens is 1. The fourth-order valence-corrected chi connectivity index (χ4v) is 9.25. The molecule has 1 saturated heterocycles. The van der Waals surface area contributed by atoms with Gasteiger partial charge in [0.05, 0.1) is 11.2 Å². The highest BCUT2D eigenvalue weighted by Gasteiger charge is 2.55. The van der Waals surface area contributed by atoms with Crippen LogP contribution >= 0.6 is 11.8 Å². The molecular weight excluding hydrogens is 462 g/mol. The fourth-order valence-electron chi connectivity index (χ4n) is 7.93. The van der Waals surface area contributed by atoms with Gasteiger partial charge < -0.3 is 20.4 Å². The molecule has 0 radical (unpaired) electrons. The maximum absolute atomic E-state index is 13.6. The molecule has 0 aromatic carbocycles. The number of amides is 1. The molecule has 0 spiro atoms. The van der Waals surface area contributed by atoms with Gasteiger partial charge in [-0.1, -0.05) is 12.8 Å². The summed E-state index contributed by atoms with van der Waals surface area (Å²) in [6.07, 6.45) is 10.7. The van der Waals surface area contributed by atoms with E-state index in [1.807, 2.05) is 12.1 Å². The van der Waals surface area contributed by atoms with Crippen LogP contribution in [0.4, 0.5) is 5.82 Å². The van der Waals surface area contributed by atoms with Gasteiger partial charge in [-0.15, -0.1) is 11.8 Å². The minimum absolute atomic E-state index is 0.0285. The molecule has 5 aliphatic carbocycles. The number of thioether (sulfide) groups is 1. The highest BCUT2D eigenvalue weighted by atomic mass is 32.2. The van der Waals surface area contributed by atoms with Crippen LogP contribution in [0.3, 0.4) is 0 Å². The summed E-state index contributed by atoms with van der Waals surface area (Å²) in [6.45, 7) is 1.51. The van der Waals surface area contributed by atoms with Crippen molar-refractivity contribution in [2.75, 3.05) is 18.0 Å². The molecule has 7 nitrogen and oxygen atoms in total. The molecule has 7 rings (SSSR count). The predicted molar refractivity (Wildman–Crippen MR) is 135 cm³/mol. The summed E-state index contributed by atoms with van der Waals surface area (Å²) < 4.78 is 0. The molecule has 1 amide bonds. The Kier molecular flexibility index (Phi) is 6.24. The summed E-state index contributed by atoms with van der Waals surface area (Å²) in [5.41, 5.74) is 0.165. The van der Waals surface area contributed by atoms with E-state index in [0.717, 1.165) is 68.8 Å². The van der Waals surface area contributed by atoms with E-state index < -0.39 is 11.6 Å². The van der Waals surface area contributed by atoms with Crippen molar-refractivity contribution in [1.82, 2.24) is 10.3 Å². The number of nitrogens with zero attached hydrogens (tertiary/aromatic N) is 2. The molecule has 35 heavy (non-hydrogen) atoms. The Hall–Kier alpha value is -1.80. The first-order valence-electron chi connectivity index (χ1n) is 13.5. The molecule has 2 heterocycles.